The van der Waals surface area contributed by atoms with Crippen LogP contribution in [0.1, 0.15) is 39.5 Å². The average molecular weight is 404 g/mol. The Hall–Kier alpha value is -1.79. The second kappa shape index (κ2) is 15.1. The van der Waals surface area contributed by atoms with E-state index < -0.39 is 0 Å². The largest absolute Gasteiger partial charge is 0.382 e. The number of guanidine groups is 1. The van der Waals surface area contributed by atoms with Gasteiger partial charge in [0.25, 0.3) is 0 Å². The minimum Gasteiger partial charge on any atom is -0.382 e. The van der Waals surface area contributed by atoms with Crippen molar-refractivity contribution in [1.82, 2.24) is 15.5 Å². The van der Waals surface area contributed by atoms with Gasteiger partial charge in [-0.25, -0.2) is 0 Å². The summed E-state index contributed by atoms with van der Waals surface area (Å²) in [5.74, 6) is 0.945. The lowest BCUT2D eigenvalue weighted by molar-refractivity contribution is 0.143. The van der Waals surface area contributed by atoms with Crippen molar-refractivity contribution in [1.29, 1.82) is 0 Å². The monoisotopic (exact) mass is 403 g/mol. The lowest BCUT2D eigenvalue weighted by Crippen LogP contribution is -2.46. The number of aliphatic imine (C=N–C) groups is 1. The molecule has 1 aromatic rings. The number of benzene rings is 1. The molecule has 1 saturated heterocycles. The van der Waals surface area contributed by atoms with Gasteiger partial charge in [-0.05, 0) is 58.2 Å². The van der Waals surface area contributed by atoms with Gasteiger partial charge in [0.15, 0.2) is 5.96 Å². The van der Waals surface area contributed by atoms with Gasteiger partial charge in [-0.15, -0.1) is 0 Å². The summed E-state index contributed by atoms with van der Waals surface area (Å²) in [6.07, 6.45) is 4.56. The van der Waals surface area contributed by atoms with E-state index in [1.165, 1.54) is 18.7 Å². The zero-order chi connectivity index (χ0) is 20.6. The van der Waals surface area contributed by atoms with E-state index in [0.29, 0.717) is 0 Å². The Morgan fingerprint density at radius 3 is 2.48 bits per heavy atom. The molecular weight excluding hydrogens is 362 g/mol. The molecule has 0 atom stereocenters. The van der Waals surface area contributed by atoms with Crippen LogP contribution < -0.4 is 15.5 Å². The van der Waals surface area contributed by atoms with Gasteiger partial charge in [0.05, 0.1) is 0 Å². The molecule has 0 amide bonds. The summed E-state index contributed by atoms with van der Waals surface area (Å²) in [5, 5.41) is 6.76. The highest BCUT2D eigenvalue weighted by molar-refractivity contribution is 5.79. The van der Waals surface area contributed by atoms with Crippen LogP contribution in [0.2, 0.25) is 0 Å². The first-order chi connectivity index (χ1) is 14.3. The third-order valence-corrected chi connectivity index (χ3v) is 5.20. The molecule has 0 saturated carbocycles. The molecule has 0 spiro atoms. The van der Waals surface area contributed by atoms with Crippen molar-refractivity contribution in [3.63, 3.8) is 0 Å². The first kappa shape index (κ1) is 23.5. The molecular formula is C23H41N5O. The number of ether oxygens (including phenoxy) is 1. The summed E-state index contributed by atoms with van der Waals surface area (Å²) in [6, 6.07) is 10.8. The molecule has 6 nitrogen and oxygen atoms in total. The fourth-order valence-corrected chi connectivity index (χ4v) is 3.53. The zero-order valence-electron chi connectivity index (χ0n) is 18.5. The Balaban J connectivity index is 1.55. The first-order valence-corrected chi connectivity index (χ1v) is 11.5. The Kier molecular flexibility index (Phi) is 12.2. The smallest absolute Gasteiger partial charge is 0.191 e. The van der Waals surface area contributed by atoms with Crippen molar-refractivity contribution in [2.24, 2.45) is 4.99 Å². The van der Waals surface area contributed by atoms with Crippen molar-refractivity contribution < 1.29 is 4.74 Å². The van der Waals surface area contributed by atoms with Gasteiger partial charge < -0.3 is 20.3 Å². The third-order valence-electron chi connectivity index (χ3n) is 5.20. The van der Waals surface area contributed by atoms with Crippen molar-refractivity contribution in [2.45, 2.75) is 39.5 Å². The molecule has 0 aliphatic carbocycles. The number of unbranched alkanes of at least 4 members (excludes halogenated alkanes) is 2. The van der Waals surface area contributed by atoms with Gasteiger partial charge >= 0.3 is 0 Å². The molecule has 1 aliphatic heterocycles. The molecule has 0 aromatic heterocycles. The predicted octanol–water partition coefficient (Wildman–Crippen LogP) is 2.96. The van der Waals surface area contributed by atoms with E-state index in [1.54, 1.807) is 0 Å². The van der Waals surface area contributed by atoms with Crippen LogP contribution >= 0.6 is 0 Å². The standard InChI is InChI=1S/C23H41N5O/c1-3-24-23(26-15-9-11-21-29-4-2)25-14-8-10-16-27-17-19-28(20-18-27)22-12-6-5-7-13-22/h5-7,12-13H,3-4,8-11,14-21H2,1-2H3,(H2,24,25,26). The van der Waals surface area contributed by atoms with Crippen molar-refractivity contribution in [2.75, 3.05) is 70.5 Å². The fourth-order valence-electron chi connectivity index (χ4n) is 3.53. The van der Waals surface area contributed by atoms with E-state index in [9.17, 15) is 0 Å². The van der Waals surface area contributed by atoms with Crippen LogP contribution in [-0.2, 0) is 4.74 Å². The van der Waals surface area contributed by atoms with E-state index in [4.69, 9.17) is 9.73 Å². The number of nitrogens with one attached hydrogen (secondary N) is 2. The van der Waals surface area contributed by atoms with Gasteiger partial charge in [0.2, 0.25) is 0 Å². The fraction of sp³-hybridized carbons (Fsp3) is 0.696. The normalized spacial score (nSPS) is 15.5. The number of rotatable bonds is 13. The summed E-state index contributed by atoms with van der Waals surface area (Å²) >= 11 is 0. The molecule has 1 aromatic carbocycles. The Labute approximate surface area is 177 Å². The molecule has 0 radical (unpaired) electrons. The molecule has 1 heterocycles. The SMILES string of the molecule is CCNC(=NCCCCN1CCN(c2ccccc2)CC1)NCCCCOCC. The highest BCUT2D eigenvalue weighted by Crippen LogP contribution is 2.15. The summed E-state index contributed by atoms with van der Waals surface area (Å²) in [6.45, 7) is 14.3. The Morgan fingerprint density at radius 2 is 1.76 bits per heavy atom. The van der Waals surface area contributed by atoms with E-state index in [0.717, 1.165) is 84.2 Å². The molecule has 6 heteroatoms. The number of anilines is 1. The lowest BCUT2D eigenvalue weighted by atomic mass is 10.2. The van der Waals surface area contributed by atoms with Crippen LogP contribution in [0.25, 0.3) is 0 Å². The van der Waals surface area contributed by atoms with E-state index in [-0.39, 0.29) is 0 Å². The molecule has 2 rings (SSSR count). The van der Waals surface area contributed by atoms with E-state index in [1.807, 2.05) is 6.92 Å². The third kappa shape index (κ3) is 9.99. The number of para-hydroxylation sites is 1. The van der Waals surface area contributed by atoms with Gasteiger partial charge in [0, 0.05) is 64.7 Å². The highest BCUT2D eigenvalue weighted by Gasteiger charge is 2.16. The maximum Gasteiger partial charge on any atom is 0.191 e. The van der Waals surface area contributed by atoms with E-state index >= 15 is 0 Å². The second-order valence-corrected chi connectivity index (χ2v) is 7.46. The van der Waals surface area contributed by atoms with Crippen LogP contribution in [0.4, 0.5) is 5.69 Å². The number of nitrogens with zero attached hydrogens (tertiary/aromatic N) is 3. The van der Waals surface area contributed by atoms with Crippen LogP contribution in [0.3, 0.4) is 0 Å². The summed E-state index contributed by atoms with van der Waals surface area (Å²) in [4.78, 5) is 9.80. The summed E-state index contributed by atoms with van der Waals surface area (Å²) in [7, 11) is 0. The molecule has 0 bridgehead atoms. The summed E-state index contributed by atoms with van der Waals surface area (Å²) < 4.78 is 5.38. The zero-order valence-corrected chi connectivity index (χ0v) is 18.5. The molecule has 2 N–H and O–H groups in total. The quantitative estimate of drug-likeness (QED) is 0.301. The minimum atomic E-state index is 0.806. The second-order valence-electron chi connectivity index (χ2n) is 7.46. The highest BCUT2D eigenvalue weighted by atomic mass is 16.5. The lowest BCUT2D eigenvalue weighted by Gasteiger charge is -2.36. The molecule has 164 valence electrons. The first-order valence-electron chi connectivity index (χ1n) is 11.5. The van der Waals surface area contributed by atoms with E-state index in [2.05, 4.69) is 57.7 Å². The molecule has 1 fully saturated rings. The van der Waals surface area contributed by atoms with Gasteiger partial charge in [-0.3, -0.25) is 9.89 Å². The van der Waals surface area contributed by atoms with Gasteiger partial charge in [-0.2, -0.15) is 0 Å². The number of piperazine rings is 1. The van der Waals surface area contributed by atoms with Crippen LogP contribution in [0.15, 0.2) is 35.3 Å². The number of hydrogen-bond donors (Lipinski definition) is 2. The van der Waals surface area contributed by atoms with Gasteiger partial charge in [-0.1, -0.05) is 18.2 Å². The maximum atomic E-state index is 5.38. The Morgan fingerprint density at radius 1 is 0.966 bits per heavy atom. The molecule has 29 heavy (non-hydrogen) atoms. The topological polar surface area (TPSA) is 52.1 Å². The van der Waals surface area contributed by atoms with Gasteiger partial charge in [0.1, 0.15) is 0 Å². The predicted molar refractivity (Wildman–Crippen MR) is 124 cm³/mol. The van der Waals surface area contributed by atoms with Crippen LogP contribution in [0, 0.1) is 0 Å². The number of hydrogen-bond acceptors (Lipinski definition) is 4. The van der Waals surface area contributed by atoms with Crippen LogP contribution in [-0.4, -0.2) is 76.4 Å². The average Bonchev–Trinajstić information content (AvgIpc) is 2.77. The summed E-state index contributed by atoms with van der Waals surface area (Å²) in [5.41, 5.74) is 1.35. The maximum absolute atomic E-state index is 5.38. The van der Waals surface area contributed by atoms with Crippen molar-refractivity contribution >= 4 is 11.6 Å². The molecule has 1 aliphatic rings. The van der Waals surface area contributed by atoms with Crippen molar-refractivity contribution in [3.05, 3.63) is 30.3 Å². The Bertz CT molecular complexity index is 543. The molecule has 0 unspecified atom stereocenters. The minimum absolute atomic E-state index is 0.806. The van der Waals surface area contributed by atoms with Crippen molar-refractivity contribution in [3.8, 4) is 0 Å². The van der Waals surface area contributed by atoms with Crippen LogP contribution in [0.5, 0.6) is 0 Å².